The highest BCUT2D eigenvalue weighted by atomic mass is 35.5. The van der Waals surface area contributed by atoms with Crippen LogP contribution in [0.4, 0.5) is 0 Å². The van der Waals surface area contributed by atoms with Crippen LogP contribution in [0.1, 0.15) is 38.7 Å². The highest BCUT2D eigenvalue weighted by molar-refractivity contribution is 6.30. The second-order valence-electron chi connectivity index (χ2n) is 6.58. The number of hydrogen-bond donors (Lipinski definition) is 1. The zero-order valence-corrected chi connectivity index (χ0v) is 13.7. The Balaban J connectivity index is 2.15. The summed E-state index contributed by atoms with van der Waals surface area (Å²) in [6.07, 6.45) is 3.82. The summed E-state index contributed by atoms with van der Waals surface area (Å²) in [7, 11) is 2.22. The second-order valence-corrected chi connectivity index (χ2v) is 7.01. The molecule has 1 fully saturated rings. The number of likely N-dealkylation sites (N-methyl/N-ethyl adjacent to an activating group) is 1. The molecule has 2 N–H and O–H groups in total. The molecule has 0 aromatic heterocycles. The molecule has 20 heavy (non-hydrogen) atoms. The number of nitrogens with two attached hydrogens (primary N) is 1. The van der Waals surface area contributed by atoms with Crippen molar-refractivity contribution in [2.45, 2.75) is 45.2 Å². The van der Waals surface area contributed by atoms with Crippen molar-refractivity contribution in [2.24, 2.45) is 17.6 Å². The average Bonchev–Trinajstić information content (AvgIpc) is 2.44. The lowest BCUT2D eigenvalue weighted by Crippen LogP contribution is -2.58. The fourth-order valence-corrected chi connectivity index (χ4v) is 3.83. The first-order valence-electron chi connectivity index (χ1n) is 7.63. The summed E-state index contributed by atoms with van der Waals surface area (Å²) in [5.74, 6) is 1.42. The number of rotatable bonds is 4. The lowest BCUT2D eigenvalue weighted by Gasteiger charge is -2.50. The molecule has 1 saturated carbocycles. The summed E-state index contributed by atoms with van der Waals surface area (Å²) >= 11 is 5.96. The van der Waals surface area contributed by atoms with E-state index in [4.69, 9.17) is 17.3 Å². The molecule has 0 heterocycles. The van der Waals surface area contributed by atoms with Crippen LogP contribution in [0.3, 0.4) is 0 Å². The summed E-state index contributed by atoms with van der Waals surface area (Å²) in [6.45, 7) is 6.39. The van der Waals surface area contributed by atoms with E-state index in [9.17, 15) is 0 Å². The molecule has 0 radical (unpaired) electrons. The van der Waals surface area contributed by atoms with E-state index in [1.165, 1.54) is 24.8 Å². The first kappa shape index (κ1) is 15.8. The van der Waals surface area contributed by atoms with Crippen molar-refractivity contribution in [2.75, 3.05) is 13.6 Å². The largest absolute Gasteiger partial charge is 0.329 e. The van der Waals surface area contributed by atoms with E-state index in [2.05, 4.69) is 37.9 Å². The molecule has 0 spiro atoms. The lowest BCUT2D eigenvalue weighted by molar-refractivity contribution is 0.00904. The maximum atomic E-state index is 6.21. The van der Waals surface area contributed by atoms with Gasteiger partial charge >= 0.3 is 0 Å². The minimum absolute atomic E-state index is 0.136. The minimum atomic E-state index is 0.136. The van der Waals surface area contributed by atoms with Crippen LogP contribution in [0, 0.1) is 11.8 Å². The number of benzene rings is 1. The van der Waals surface area contributed by atoms with Crippen LogP contribution in [0.15, 0.2) is 24.3 Å². The molecule has 0 amide bonds. The highest BCUT2D eigenvalue weighted by Gasteiger charge is 2.42. The fourth-order valence-electron chi connectivity index (χ4n) is 3.70. The Morgan fingerprint density at radius 1 is 1.25 bits per heavy atom. The van der Waals surface area contributed by atoms with Crippen molar-refractivity contribution in [1.29, 1.82) is 0 Å². The second kappa shape index (κ2) is 6.46. The molecular formula is C17H27ClN2. The van der Waals surface area contributed by atoms with Gasteiger partial charge in [0, 0.05) is 23.7 Å². The first-order valence-corrected chi connectivity index (χ1v) is 8.01. The van der Waals surface area contributed by atoms with Gasteiger partial charge in [0.25, 0.3) is 0 Å². The van der Waals surface area contributed by atoms with Gasteiger partial charge in [0.2, 0.25) is 0 Å². The van der Waals surface area contributed by atoms with E-state index in [1.54, 1.807) is 0 Å². The SMILES string of the molecule is CC1CCC(C)C(CN)(N(C)Cc2ccc(Cl)cc2)C1. The molecule has 1 aliphatic rings. The molecule has 3 atom stereocenters. The number of hydrogen-bond acceptors (Lipinski definition) is 2. The van der Waals surface area contributed by atoms with Crippen molar-refractivity contribution < 1.29 is 0 Å². The van der Waals surface area contributed by atoms with Gasteiger partial charge in [0.05, 0.1) is 0 Å². The van der Waals surface area contributed by atoms with Gasteiger partial charge in [0.15, 0.2) is 0 Å². The lowest BCUT2D eigenvalue weighted by atomic mass is 9.68. The van der Waals surface area contributed by atoms with Gasteiger partial charge in [-0.1, -0.05) is 44.0 Å². The Bertz CT molecular complexity index is 431. The molecule has 1 aromatic rings. The molecule has 0 bridgehead atoms. The van der Waals surface area contributed by atoms with Crippen LogP contribution in [-0.4, -0.2) is 24.0 Å². The van der Waals surface area contributed by atoms with Crippen molar-refractivity contribution in [3.05, 3.63) is 34.9 Å². The van der Waals surface area contributed by atoms with E-state index >= 15 is 0 Å². The predicted octanol–water partition coefficient (Wildman–Crippen LogP) is 3.93. The van der Waals surface area contributed by atoms with E-state index < -0.39 is 0 Å². The van der Waals surface area contributed by atoms with E-state index in [0.717, 1.165) is 24.0 Å². The van der Waals surface area contributed by atoms with Gasteiger partial charge in [-0.3, -0.25) is 4.90 Å². The molecule has 2 rings (SSSR count). The Morgan fingerprint density at radius 3 is 2.50 bits per heavy atom. The van der Waals surface area contributed by atoms with Crippen molar-refractivity contribution in [1.82, 2.24) is 4.90 Å². The normalized spacial score (nSPS) is 30.7. The van der Waals surface area contributed by atoms with Crippen molar-refractivity contribution in [3.8, 4) is 0 Å². The van der Waals surface area contributed by atoms with Crippen LogP contribution in [0.25, 0.3) is 0 Å². The summed E-state index contributed by atoms with van der Waals surface area (Å²) < 4.78 is 0. The Labute approximate surface area is 128 Å². The smallest absolute Gasteiger partial charge is 0.0406 e. The number of halogens is 1. The third-order valence-corrected chi connectivity index (χ3v) is 5.41. The van der Waals surface area contributed by atoms with Crippen LogP contribution in [0.5, 0.6) is 0 Å². The predicted molar refractivity (Wildman–Crippen MR) is 86.9 cm³/mol. The third kappa shape index (κ3) is 3.19. The van der Waals surface area contributed by atoms with Gasteiger partial charge < -0.3 is 5.73 Å². The molecule has 3 heteroatoms. The monoisotopic (exact) mass is 294 g/mol. The Hall–Kier alpha value is -0.570. The minimum Gasteiger partial charge on any atom is -0.329 e. The van der Waals surface area contributed by atoms with E-state index in [1.807, 2.05) is 12.1 Å². The standard InChI is InChI=1S/C17H27ClN2/c1-13-4-5-14(2)17(10-13,12-19)20(3)11-15-6-8-16(18)9-7-15/h6-9,13-14H,4-5,10-12,19H2,1-3H3. The molecular weight excluding hydrogens is 268 g/mol. The van der Waals surface area contributed by atoms with Crippen LogP contribution >= 0.6 is 11.6 Å². The average molecular weight is 295 g/mol. The number of nitrogens with zero attached hydrogens (tertiary/aromatic N) is 1. The molecule has 0 aliphatic heterocycles. The van der Waals surface area contributed by atoms with E-state index in [0.29, 0.717) is 5.92 Å². The Morgan fingerprint density at radius 2 is 1.90 bits per heavy atom. The summed E-state index contributed by atoms with van der Waals surface area (Å²) in [5.41, 5.74) is 7.64. The quantitative estimate of drug-likeness (QED) is 0.912. The van der Waals surface area contributed by atoms with Crippen molar-refractivity contribution in [3.63, 3.8) is 0 Å². The summed E-state index contributed by atoms with van der Waals surface area (Å²) in [6, 6.07) is 8.15. The highest BCUT2D eigenvalue weighted by Crippen LogP contribution is 2.40. The van der Waals surface area contributed by atoms with Crippen molar-refractivity contribution >= 4 is 11.6 Å². The van der Waals surface area contributed by atoms with Crippen LogP contribution in [0.2, 0.25) is 5.02 Å². The molecule has 0 saturated heterocycles. The Kier molecular flexibility index (Phi) is 5.11. The topological polar surface area (TPSA) is 29.3 Å². The summed E-state index contributed by atoms with van der Waals surface area (Å²) in [4.78, 5) is 2.47. The van der Waals surface area contributed by atoms with Gasteiger partial charge in [-0.25, -0.2) is 0 Å². The zero-order valence-electron chi connectivity index (χ0n) is 12.9. The molecule has 2 nitrogen and oxygen atoms in total. The molecule has 112 valence electrons. The van der Waals surface area contributed by atoms with Gasteiger partial charge in [0.1, 0.15) is 0 Å². The van der Waals surface area contributed by atoms with Crippen LogP contribution in [-0.2, 0) is 6.54 Å². The maximum Gasteiger partial charge on any atom is 0.0406 e. The van der Waals surface area contributed by atoms with Gasteiger partial charge in [-0.15, -0.1) is 0 Å². The summed E-state index contributed by atoms with van der Waals surface area (Å²) in [5, 5.41) is 0.796. The molecule has 1 aromatic carbocycles. The first-order chi connectivity index (χ1) is 9.48. The van der Waals surface area contributed by atoms with Gasteiger partial charge in [-0.05, 0) is 49.4 Å². The van der Waals surface area contributed by atoms with Gasteiger partial charge in [-0.2, -0.15) is 0 Å². The maximum absolute atomic E-state index is 6.21. The molecule has 1 aliphatic carbocycles. The van der Waals surface area contributed by atoms with Crippen LogP contribution < -0.4 is 5.73 Å². The fraction of sp³-hybridized carbons (Fsp3) is 0.647. The molecule has 3 unspecified atom stereocenters. The third-order valence-electron chi connectivity index (χ3n) is 5.16. The zero-order chi connectivity index (χ0) is 14.8. The van der Waals surface area contributed by atoms with E-state index in [-0.39, 0.29) is 5.54 Å².